The van der Waals surface area contributed by atoms with Crippen LogP contribution in [0.25, 0.3) is 0 Å². The summed E-state index contributed by atoms with van der Waals surface area (Å²) in [6.45, 7) is 4.45. The fourth-order valence-corrected chi connectivity index (χ4v) is 6.05. The van der Waals surface area contributed by atoms with E-state index in [2.05, 4.69) is 4.74 Å². The number of nitrogens with zero attached hydrogens (tertiary/aromatic N) is 3. The Balaban J connectivity index is 1.49. The Labute approximate surface area is 230 Å². The number of alkyl halides is 3. The second-order valence-electron chi connectivity index (χ2n) is 9.59. The molecular weight excluding hydrogens is 549 g/mol. The van der Waals surface area contributed by atoms with Crippen LogP contribution in [0.1, 0.15) is 37.7 Å². The zero-order valence-electron chi connectivity index (χ0n) is 21.9. The molecule has 1 saturated heterocycles. The molecule has 2 aromatic carbocycles. The number of rotatable bonds is 9. The maximum absolute atomic E-state index is 13.4. The van der Waals surface area contributed by atoms with E-state index in [0.717, 1.165) is 5.56 Å². The zero-order valence-corrected chi connectivity index (χ0v) is 22.8. The maximum atomic E-state index is 13.4. The first-order valence-electron chi connectivity index (χ1n) is 12.4. The number of ether oxygens (including phenoxy) is 1. The van der Waals surface area contributed by atoms with Gasteiger partial charge >= 0.3 is 6.36 Å². The predicted molar refractivity (Wildman–Crippen MR) is 141 cm³/mol. The van der Waals surface area contributed by atoms with Gasteiger partial charge in [-0.25, -0.2) is 8.42 Å². The van der Waals surface area contributed by atoms with Crippen molar-refractivity contribution in [1.82, 2.24) is 13.8 Å². The molecule has 1 aliphatic rings. The second kappa shape index (κ2) is 11.4. The summed E-state index contributed by atoms with van der Waals surface area (Å²) in [6, 6.07) is 13.3. The summed E-state index contributed by atoms with van der Waals surface area (Å²) in [5.41, 5.74) is 7.55. The van der Waals surface area contributed by atoms with E-state index in [1.54, 1.807) is 37.3 Å². The molecule has 9 nitrogen and oxygen atoms in total. The van der Waals surface area contributed by atoms with Crippen LogP contribution in [0.2, 0.25) is 0 Å². The molecule has 1 aliphatic heterocycles. The van der Waals surface area contributed by atoms with Crippen LogP contribution in [0, 0.1) is 13.8 Å². The van der Waals surface area contributed by atoms with Crippen molar-refractivity contribution in [2.45, 2.75) is 31.7 Å². The number of hydrogen-bond donors (Lipinski definition) is 1. The molecule has 0 bridgehead atoms. The predicted octanol–water partition coefficient (Wildman–Crippen LogP) is 3.34. The third-order valence-electron chi connectivity index (χ3n) is 6.75. The molecule has 0 radical (unpaired) electrons. The number of carbonyl (C=O) groups excluding carboxylic acids is 2. The summed E-state index contributed by atoms with van der Waals surface area (Å²) in [6.07, 6.45) is -4.86. The highest BCUT2D eigenvalue weighted by atomic mass is 32.2. The van der Waals surface area contributed by atoms with Crippen LogP contribution >= 0.6 is 0 Å². The van der Waals surface area contributed by atoms with Crippen LogP contribution in [-0.2, 0) is 16.6 Å². The molecule has 214 valence electrons. The summed E-state index contributed by atoms with van der Waals surface area (Å²) in [7, 11) is -3.67. The van der Waals surface area contributed by atoms with Crippen LogP contribution in [0.5, 0.6) is 5.75 Å². The molecular formula is C27H29F3N4O5S. The maximum Gasteiger partial charge on any atom is 0.573 e. The van der Waals surface area contributed by atoms with Gasteiger partial charge in [-0.05, 0) is 49.7 Å². The highest BCUT2D eigenvalue weighted by Gasteiger charge is 2.32. The lowest BCUT2D eigenvalue weighted by Gasteiger charge is -2.33. The molecule has 2 N–H and O–H groups in total. The minimum Gasteiger partial charge on any atom is -0.406 e. The van der Waals surface area contributed by atoms with Crippen LogP contribution in [0.3, 0.4) is 0 Å². The van der Waals surface area contributed by atoms with Gasteiger partial charge in [0.15, 0.2) is 5.78 Å². The van der Waals surface area contributed by atoms with Crippen molar-refractivity contribution < 1.29 is 35.9 Å². The third-order valence-corrected chi connectivity index (χ3v) is 8.66. The summed E-state index contributed by atoms with van der Waals surface area (Å²) >= 11 is 0. The Morgan fingerprint density at radius 3 is 2.23 bits per heavy atom. The molecule has 4 rings (SSSR count). The molecule has 13 heteroatoms. The molecule has 0 saturated carbocycles. The number of amides is 1. The molecule has 2 heterocycles. The molecule has 1 aromatic heterocycles. The second-order valence-corrected chi connectivity index (χ2v) is 11.5. The number of Topliss-reactive ketones (excluding diaryl/α,β-unsaturated/α-hetero) is 1. The van der Waals surface area contributed by atoms with Crippen molar-refractivity contribution in [3.05, 3.63) is 82.7 Å². The van der Waals surface area contributed by atoms with Gasteiger partial charge in [0.2, 0.25) is 10.0 Å². The van der Waals surface area contributed by atoms with Gasteiger partial charge in [0.25, 0.3) is 5.91 Å². The van der Waals surface area contributed by atoms with Gasteiger partial charge in [-0.3, -0.25) is 14.5 Å². The number of ketones is 1. The van der Waals surface area contributed by atoms with Crippen molar-refractivity contribution in [2.24, 2.45) is 5.73 Å². The highest BCUT2D eigenvalue weighted by Crippen LogP contribution is 2.25. The average molecular weight is 579 g/mol. The highest BCUT2D eigenvalue weighted by molar-refractivity contribution is 7.89. The van der Waals surface area contributed by atoms with E-state index in [0.29, 0.717) is 24.3 Å². The van der Waals surface area contributed by atoms with E-state index in [9.17, 15) is 31.2 Å². The van der Waals surface area contributed by atoms with Gasteiger partial charge in [0.05, 0.1) is 22.7 Å². The first kappa shape index (κ1) is 29.3. The van der Waals surface area contributed by atoms with Crippen molar-refractivity contribution >= 4 is 21.7 Å². The van der Waals surface area contributed by atoms with Gasteiger partial charge in [-0.15, -0.1) is 13.2 Å². The van der Waals surface area contributed by atoms with Crippen LogP contribution < -0.4 is 10.5 Å². The molecule has 3 aromatic rings. The van der Waals surface area contributed by atoms with E-state index < -0.39 is 28.0 Å². The minimum absolute atomic E-state index is 0.00217. The number of nitrogens with two attached hydrogens (primary N) is 1. The number of sulfonamides is 1. The lowest BCUT2D eigenvalue weighted by Crippen LogP contribution is -2.49. The number of aromatic nitrogens is 1. The number of aryl methyl sites for hydroxylation is 1. The quantitative estimate of drug-likeness (QED) is 0.390. The summed E-state index contributed by atoms with van der Waals surface area (Å²) in [5, 5.41) is 0. The summed E-state index contributed by atoms with van der Waals surface area (Å²) < 4.78 is 70.9. The molecule has 0 atom stereocenters. The summed E-state index contributed by atoms with van der Waals surface area (Å²) in [4.78, 5) is 27.4. The Bertz CT molecular complexity index is 1510. The molecule has 40 heavy (non-hydrogen) atoms. The monoisotopic (exact) mass is 578 g/mol. The number of carbonyl (C=O) groups is 2. The molecule has 0 aliphatic carbocycles. The van der Waals surface area contributed by atoms with Crippen molar-refractivity contribution in [3.63, 3.8) is 0 Å². The Morgan fingerprint density at radius 1 is 0.975 bits per heavy atom. The molecule has 0 spiro atoms. The minimum atomic E-state index is -4.86. The van der Waals surface area contributed by atoms with Crippen LogP contribution in [0.15, 0.2) is 59.5 Å². The lowest BCUT2D eigenvalue weighted by atomic mass is 10.2. The topological polar surface area (TPSA) is 115 Å². The smallest absolute Gasteiger partial charge is 0.406 e. The van der Waals surface area contributed by atoms with Gasteiger partial charge in [0.1, 0.15) is 5.75 Å². The fraction of sp³-hybridized carbons (Fsp3) is 0.333. The number of halogens is 3. The van der Waals surface area contributed by atoms with E-state index in [1.807, 2.05) is 11.8 Å². The third kappa shape index (κ3) is 6.72. The van der Waals surface area contributed by atoms with Gasteiger partial charge in [0, 0.05) is 38.4 Å². The molecule has 1 fully saturated rings. The lowest BCUT2D eigenvalue weighted by molar-refractivity contribution is -0.274. The van der Waals surface area contributed by atoms with E-state index >= 15 is 0 Å². The standard InChI is InChI=1S/C27H29F3N4O5S/c1-18-6-8-22(9-7-18)40(37,38)33-12-10-32(11-13-33)17-25(35)24-15-23(26(31)36)19(2)34(24)16-20-4-3-5-21(14-20)39-27(28,29)30/h3-9,14-15H,10-13,16-17H2,1-2H3,(H2,31,36). The fourth-order valence-electron chi connectivity index (χ4n) is 4.62. The van der Waals surface area contributed by atoms with Gasteiger partial charge in [-0.1, -0.05) is 29.8 Å². The average Bonchev–Trinajstić information content (AvgIpc) is 3.20. The molecule has 1 amide bonds. The van der Waals surface area contributed by atoms with Gasteiger partial charge < -0.3 is 15.0 Å². The number of primary amides is 1. The Kier molecular flexibility index (Phi) is 8.38. The normalized spacial score (nSPS) is 15.2. The number of hydrogen-bond acceptors (Lipinski definition) is 6. The Morgan fingerprint density at radius 2 is 1.62 bits per heavy atom. The van der Waals surface area contributed by atoms with Crippen LogP contribution in [0.4, 0.5) is 13.2 Å². The van der Waals surface area contributed by atoms with Crippen molar-refractivity contribution in [2.75, 3.05) is 32.7 Å². The number of piperazine rings is 1. The van der Waals surface area contributed by atoms with Crippen molar-refractivity contribution in [3.8, 4) is 5.75 Å². The largest absolute Gasteiger partial charge is 0.573 e. The summed E-state index contributed by atoms with van der Waals surface area (Å²) in [5.74, 6) is -1.49. The SMILES string of the molecule is Cc1ccc(S(=O)(=O)N2CCN(CC(=O)c3cc(C(N)=O)c(C)n3Cc3cccc(OC(F)(F)F)c3)CC2)cc1. The Hall–Kier alpha value is -3.68. The number of benzene rings is 2. The first-order chi connectivity index (χ1) is 18.7. The van der Waals surface area contributed by atoms with Crippen LogP contribution in [-0.4, -0.2) is 73.0 Å². The van der Waals surface area contributed by atoms with E-state index in [-0.39, 0.29) is 48.1 Å². The van der Waals surface area contributed by atoms with E-state index in [1.165, 1.54) is 33.1 Å². The zero-order chi connectivity index (χ0) is 29.2. The van der Waals surface area contributed by atoms with Crippen molar-refractivity contribution in [1.29, 1.82) is 0 Å². The molecule has 0 unspecified atom stereocenters. The first-order valence-corrected chi connectivity index (χ1v) is 13.9. The van der Waals surface area contributed by atoms with Gasteiger partial charge in [-0.2, -0.15) is 4.31 Å². The van der Waals surface area contributed by atoms with E-state index in [4.69, 9.17) is 5.73 Å².